The molecule has 0 bridgehead atoms. The van der Waals surface area contributed by atoms with Crippen molar-refractivity contribution in [2.75, 3.05) is 48.4 Å². The molecule has 2 amide bonds. The zero-order chi connectivity index (χ0) is 46.3. The molecule has 2 aromatic carbocycles. The number of nitrogens with one attached hydrogen (secondary N) is 4. The van der Waals surface area contributed by atoms with E-state index in [0.29, 0.717) is 57.9 Å². The Kier molecular flexibility index (Phi) is 12.2. The second-order valence-electron chi connectivity index (χ2n) is 16.9. The lowest BCUT2D eigenvalue weighted by Crippen LogP contribution is -2.38. The monoisotopic (exact) mass is 926 g/mol. The number of nitrogens with zero attached hydrogens (tertiary/aromatic N) is 6. The van der Waals surface area contributed by atoms with E-state index >= 15 is 0 Å². The van der Waals surface area contributed by atoms with Crippen molar-refractivity contribution in [3.05, 3.63) is 140 Å². The summed E-state index contributed by atoms with van der Waals surface area (Å²) >= 11 is 6.47. The molecule has 7 aromatic rings. The van der Waals surface area contributed by atoms with E-state index in [1.54, 1.807) is 56.6 Å². The Bertz CT molecular complexity index is 3240. The fourth-order valence-electron chi connectivity index (χ4n) is 8.91. The molecule has 16 nitrogen and oxygen atoms in total. The van der Waals surface area contributed by atoms with Gasteiger partial charge in [-0.25, -0.2) is 22.7 Å². The molecule has 0 radical (unpaired) electrons. The molecule has 0 saturated carbocycles. The molecular weight excluding hydrogens is 880 g/mol. The van der Waals surface area contributed by atoms with Crippen LogP contribution in [0.5, 0.6) is 0 Å². The topological polar surface area (TPSA) is 204 Å². The highest BCUT2D eigenvalue weighted by atomic mass is 35.5. The highest BCUT2D eigenvalue weighted by molar-refractivity contribution is 7.88. The van der Waals surface area contributed by atoms with Crippen LogP contribution in [0.4, 0.5) is 28.8 Å². The second-order valence-corrected chi connectivity index (χ2v) is 19.3. The fraction of sp³-hybridized carbons (Fsp3) is 0.271. The van der Waals surface area contributed by atoms with Crippen molar-refractivity contribution in [3.63, 3.8) is 0 Å². The zero-order valence-electron chi connectivity index (χ0n) is 36.5. The maximum absolute atomic E-state index is 13.9. The third-order valence-corrected chi connectivity index (χ3v) is 14.0. The van der Waals surface area contributed by atoms with Crippen LogP contribution < -0.4 is 27.1 Å². The molecule has 2 saturated heterocycles. The number of aromatic nitrogens is 5. The zero-order valence-corrected chi connectivity index (χ0v) is 38.0. The number of rotatable bonds is 10. The molecule has 4 N–H and O–H groups in total. The van der Waals surface area contributed by atoms with Crippen molar-refractivity contribution < 1.29 is 18.0 Å². The number of anilines is 5. The number of fused-ring (bicyclic) bond motifs is 2. The number of likely N-dealkylation sites (tertiary alicyclic amines) is 1. The first-order valence-electron chi connectivity index (χ1n) is 21.6. The minimum Gasteiger partial charge on any atom is -0.343 e. The molecule has 5 aromatic heterocycles. The Morgan fingerprint density at radius 3 is 2.09 bits per heavy atom. The van der Waals surface area contributed by atoms with Gasteiger partial charge in [0.1, 0.15) is 28.3 Å². The minimum atomic E-state index is -3.28. The first-order valence-corrected chi connectivity index (χ1v) is 23.9. The summed E-state index contributed by atoms with van der Waals surface area (Å²) in [4.78, 5) is 70.8. The van der Waals surface area contributed by atoms with Crippen LogP contribution in [0.3, 0.4) is 0 Å². The Morgan fingerprint density at radius 1 is 0.788 bits per heavy atom. The molecule has 7 heterocycles. The number of benzene rings is 2. The van der Waals surface area contributed by atoms with Crippen LogP contribution in [0.15, 0.2) is 107 Å². The Morgan fingerprint density at radius 2 is 1.45 bits per heavy atom. The number of hydrogen-bond acceptors (Lipinski definition) is 11. The van der Waals surface area contributed by atoms with Crippen LogP contribution in [0.25, 0.3) is 32.8 Å². The predicted octanol–water partition coefficient (Wildman–Crippen LogP) is 7.49. The van der Waals surface area contributed by atoms with Crippen molar-refractivity contribution in [3.8, 4) is 11.3 Å². The Balaban J connectivity index is 0.911. The summed E-state index contributed by atoms with van der Waals surface area (Å²) < 4.78 is 27.2. The van der Waals surface area contributed by atoms with E-state index in [1.807, 2.05) is 41.3 Å². The molecule has 338 valence electrons. The van der Waals surface area contributed by atoms with E-state index < -0.39 is 21.5 Å². The van der Waals surface area contributed by atoms with E-state index in [0.717, 1.165) is 50.0 Å². The lowest BCUT2D eigenvalue weighted by Gasteiger charge is -2.31. The van der Waals surface area contributed by atoms with Crippen molar-refractivity contribution in [1.29, 1.82) is 0 Å². The van der Waals surface area contributed by atoms with E-state index in [1.165, 1.54) is 26.9 Å². The molecule has 2 aliphatic heterocycles. The van der Waals surface area contributed by atoms with Gasteiger partial charge in [0.25, 0.3) is 17.0 Å². The number of hydrogen-bond donors (Lipinski definition) is 4. The number of pyridine rings is 5. The van der Waals surface area contributed by atoms with Crippen molar-refractivity contribution in [1.82, 2.24) is 33.7 Å². The van der Waals surface area contributed by atoms with Gasteiger partial charge in [-0.1, -0.05) is 35.9 Å². The number of aromatic amines is 1. The fourth-order valence-corrected chi connectivity index (χ4v) is 10.0. The standard InChI is InChI=1S/C48H47ClN10O6S/c1-28(60)58-21-17-31(18-22-58)29-6-11-36(12-7-29)52-44-42-32(16-19-50-47(42)62)23-39(54-44)33-10-15-38(51-26-33)46(61)56-41-25-35-24-40(49)55-45(43(35)48(63)57(41)2)53-37-13-8-30(9-14-37)34-5-4-20-59(27-34)66(3,64)65/h6-16,19,23-26,31,34H,4-5,17-18,20-22,27H2,1-3H3,(H,50,62)(H,52,54)(H,53,55)(H,56,61). The van der Waals surface area contributed by atoms with Gasteiger partial charge in [0.15, 0.2) is 0 Å². The Labute approximate surface area is 385 Å². The van der Waals surface area contributed by atoms with Crippen LogP contribution in [0, 0.1) is 0 Å². The average Bonchev–Trinajstić information content (AvgIpc) is 3.30. The molecule has 2 aliphatic rings. The predicted molar refractivity (Wildman–Crippen MR) is 258 cm³/mol. The van der Waals surface area contributed by atoms with Gasteiger partial charge in [0.2, 0.25) is 15.9 Å². The van der Waals surface area contributed by atoms with Gasteiger partial charge in [-0.15, -0.1) is 0 Å². The van der Waals surface area contributed by atoms with Crippen LogP contribution in [0.2, 0.25) is 5.15 Å². The van der Waals surface area contributed by atoms with E-state index in [4.69, 9.17) is 16.6 Å². The second kappa shape index (κ2) is 18.1. The number of carbonyl (C=O) groups is 2. The van der Waals surface area contributed by atoms with Gasteiger partial charge in [-0.2, -0.15) is 0 Å². The molecule has 66 heavy (non-hydrogen) atoms. The van der Waals surface area contributed by atoms with Crippen molar-refractivity contribution in [2.45, 2.75) is 44.4 Å². The quantitative estimate of drug-likeness (QED) is 0.0990. The van der Waals surface area contributed by atoms with Crippen LogP contribution in [-0.2, 0) is 21.9 Å². The number of piperidine rings is 2. The van der Waals surface area contributed by atoms with Gasteiger partial charge >= 0.3 is 0 Å². The molecule has 2 fully saturated rings. The maximum atomic E-state index is 13.9. The number of halogens is 1. The molecule has 1 atom stereocenters. The third kappa shape index (κ3) is 9.27. The minimum absolute atomic E-state index is 0.0682. The molecule has 9 rings (SSSR count). The highest BCUT2D eigenvalue weighted by Crippen LogP contribution is 2.33. The van der Waals surface area contributed by atoms with E-state index in [-0.39, 0.29) is 45.3 Å². The normalized spacial score (nSPS) is 16.1. The summed E-state index contributed by atoms with van der Waals surface area (Å²) in [6.07, 6.45) is 7.80. The molecule has 0 spiro atoms. The summed E-state index contributed by atoms with van der Waals surface area (Å²) in [5.41, 5.74) is 4.11. The number of H-pyrrole nitrogens is 1. The van der Waals surface area contributed by atoms with Crippen LogP contribution in [-0.4, -0.2) is 86.4 Å². The van der Waals surface area contributed by atoms with Gasteiger partial charge in [-0.3, -0.25) is 28.7 Å². The van der Waals surface area contributed by atoms with Crippen LogP contribution >= 0.6 is 11.6 Å². The maximum Gasteiger partial charge on any atom is 0.275 e. The van der Waals surface area contributed by atoms with Gasteiger partial charge in [0.05, 0.1) is 22.7 Å². The number of carbonyl (C=O) groups excluding carboxylic acids is 2. The lowest BCUT2D eigenvalue weighted by molar-refractivity contribution is -0.129. The number of amides is 2. The SMILES string of the molecule is CC(=O)N1CCC(c2ccc(Nc3nc(-c4ccc(C(=O)Nc5cc6cc(Cl)nc(Nc7ccc(C8CCCN(S(C)(=O)=O)C8)cc7)c6c(=O)n5C)nc4)cc4cc[nH]c(=O)c34)cc2)CC1. The number of sulfonamides is 1. The third-order valence-electron chi connectivity index (χ3n) is 12.6. The molecule has 0 aliphatic carbocycles. The van der Waals surface area contributed by atoms with Gasteiger partial charge < -0.3 is 25.8 Å². The smallest absolute Gasteiger partial charge is 0.275 e. The molecular formula is C48H47ClN10O6S. The van der Waals surface area contributed by atoms with Crippen LogP contribution in [0.1, 0.15) is 66.1 Å². The van der Waals surface area contributed by atoms with Gasteiger partial charge in [-0.05, 0) is 120 Å². The first kappa shape index (κ1) is 44.3. The Hall–Kier alpha value is -6.95. The summed E-state index contributed by atoms with van der Waals surface area (Å²) in [6.45, 7) is 4.03. The summed E-state index contributed by atoms with van der Waals surface area (Å²) in [7, 11) is -1.74. The van der Waals surface area contributed by atoms with Gasteiger partial charge in [0, 0.05) is 69.5 Å². The average molecular weight is 927 g/mol. The lowest BCUT2D eigenvalue weighted by atomic mass is 9.89. The highest BCUT2D eigenvalue weighted by Gasteiger charge is 2.27. The summed E-state index contributed by atoms with van der Waals surface area (Å²) in [5, 5.41) is 11.3. The van der Waals surface area contributed by atoms with Crippen molar-refractivity contribution >= 4 is 83.8 Å². The largest absolute Gasteiger partial charge is 0.343 e. The summed E-state index contributed by atoms with van der Waals surface area (Å²) in [5.74, 6) is 0.778. The summed E-state index contributed by atoms with van der Waals surface area (Å²) in [6, 6.07) is 25.7. The molecule has 18 heteroatoms. The molecule has 1 unspecified atom stereocenters. The van der Waals surface area contributed by atoms with Crippen molar-refractivity contribution in [2.24, 2.45) is 7.05 Å². The van der Waals surface area contributed by atoms with E-state index in [2.05, 4.69) is 43.0 Å². The van der Waals surface area contributed by atoms with E-state index in [9.17, 15) is 27.6 Å². The first-order chi connectivity index (χ1) is 31.7.